The number of hydrogen-bond acceptors (Lipinski definition) is 0. The summed E-state index contributed by atoms with van der Waals surface area (Å²) >= 11 is 0. The van der Waals surface area contributed by atoms with Crippen LogP contribution in [0.4, 0.5) is 0 Å². The first kappa shape index (κ1) is 26.0. The van der Waals surface area contributed by atoms with Crippen molar-refractivity contribution in [2.75, 3.05) is 26.2 Å². The normalized spacial score (nSPS) is 10.1. The summed E-state index contributed by atoms with van der Waals surface area (Å²) in [5, 5.41) is 7.94. The zero-order valence-electron chi connectivity index (χ0n) is 11.5. The monoisotopic (exact) mass is 296 g/mol. The molecule has 0 aliphatic heterocycles. The summed E-state index contributed by atoms with van der Waals surface area (Å²) in [4.78, 5) is 0. The first-order valence-corrected chi connectivity index (χ1v) is 5.81. The van der Waals surface area contributed by atoms with Gasteiger partial charge in [0.15, 0.2) is 0 Å². The van der Waals surface area contributed by atoms with Crippen LogP contribution in [0.3, 0.4) is 0 Å². The third kappa shape index (κ3) is 38.6. The first-order valence-electron chi connectivity index (χ1n) is 5.81. The molecule has 1 rings (SSSR count). The molecular formula is C13H26ClN2V-3. The molecule has 0 unspecified atom stereocenters. The van der Waals surface area contributed by atoms with E-state index >= 15 is 0 Å². The van der Waals surface area contributed by atoms with Crippen molar-refractivity contribution >= 4 is 12.4 Å². The molecule has 0 saturated carbocycles. The largest absolute Gasteiger partial charge is 0.663 e. The molecule has 2 nitrogen and oxygen atoms in total. The maximum atomic E-state index is 3.97. The fourth-order valence-corrected chi connectivity index (χ4v) is 0.787. The van der Waals surface area contributed by atoms with E-state index < -0.39 is 0 Å². The van der Waals surface area contributed by atoms with Crippen molar-refractivity contribution in [1.82, 2.24) is 0 Å². The van der Waals surface area contributed by atoms with Crippen LogP contribution in [0.5, 0.6) is 0 Å². The molecule has 0 N–H and O–H groups in total. The van der Waals surface area contributed by atoms with Gasteiger partial charge in [0, 0.05) is 18.6 Å². The van der Waals surface area contributed by atoms with E-state index in [1.807, 2.05) is 39.8 Å². The second kappa shape index (κ2) is 29.9. The number of nitrogens with zero attached hydrogens (tertiary/aromatic N) is 2. The number of allylic oxidation sites excluding steroid dienone is 4. The molecule has 0 heterocycles. The summed E-state index contributed by atoms with van der Waals surface area (Å²) in [6, 6.07) is 0. The summed E-state index contributed by atoms with van der Waals surface area (Å²) < 4.78 is 0. The van der Waals surface area contributed by atoms with Crippen LogP contribution in [-0.4, -0.2) is 26.2 Å². The molecule has 17 heavy (non-hydrogen) atoms. The third-order valence-electron chi connectivity index (χ3n) is 1.48. The Kier molecular flexibility index (Phi) is 45.6. The predicted octanol–water partition coefficient (Wildman–Crippen LogP) is 4.52. The van der Waals surface area contributed by atoms with Gasteiger partial charge in [0.1, 0.15) is 0 Å². The average molecular weight is 297 g/mol. The smallest absolute Gasteiger partial charge is 0 e. The predicted molar refractivity (Wildman–Crippen MR) is 77.7 cm³/mol. The van der Waals surface area contributed by atoms with Crippen LogP contribution in [0.2, 0.25) is 0 Å². The van der Waals surface area contributed by atoms with Crippen molar-refractivity contribution in [3.8, 4) is 0 Å². The van der Waals surface area contributed by atoms with Gasteiger partial charge in [0.25, 0.3) is 0 Å². The molecule has 0 atom stereocenters. The van der Waals surface area contributed by atoms with E-state index in [1.54, 1.807) is 0 Å². The molecule has 0 bridgehead atoms. The summed E-state index contributed by atoms with van der Waals surface area (Å²) in [5.74, 6) is 0. The van der Waals surface area contributed by atoms with Gasteiger partial charge in [0.2, 0.25) is 0 Å². The third-order valence-corrected chi connectivity index (χ3v) is 1.48. The Bertz CT molecular complexity index is 130. The fraction of sp³-hybridized carbons (Fsp3) is 0.692. The van der Waals surface area contributed by atoms with Crippen LogP contribution in [0.1, 0.15) is 34.1 Å². The van der Waals surface area contributed by atoms with E-state index in [0.29, 0.717) is 0 Å². The topological polar surface area (TPSA) is 28.2 Å². The van der Waals surface area contributed by atoms with Crippen molar-refractivity contribution in [2.24, 2.45) is 0 Å². The fourth-order valence-electron chi connectivity index (χ4n) is 0.787. The molecule has 1 radical (unpaired) electrons. The number of hydrogen-bond donors (Lipinski definition) is 0. The Morgan fingerprint density at radius 3 is 1.41 bits per heavy atom. The van der Waals surface area contributed by atoms with Crippen LogP contribution < -0.4 is 0 Å². The molecule has 0 aromatic heterocycles. The van der Waals surface area contributed by atoms with E-state index in [4.69, 9.17) is 0 Å². The zero-order chi connectivity index (χ0) is 11.8. The maximum Gasteiger partial charge on any atom is 0 e. The van der Waals surface area contributed by atoms with Gasteiger partial charge in [-0.25, -0.2) is 12.2 Å². The molecule has 4 heteroatoms. The van der Waals surface area contributed by atoms with E-state index in [9.17, 15) is 0 Å². The first-order chi connectivity index (χ1) is 7.33. The molecular weight excluding hydrogens is 271 g/mol. The summed E-state index contributed by atoms with van der Waals surface area (Å²) in [6.45, 7) is 12.1. The van der Waals surface area contributed by atoms with Gasteiger partial charge >= 0.3 is 0 Å². The Balaban J connectivity index is -0.0000000704. The maximum absolute atomic E-state index is 3.97. The van der Waals surface area contributed by atoms with Crippen molar-refractivity contribution in [3.05, 3.63) is 34.9 Å². The quantitative estimate of drug-likeness (QED) is 0.682. The molecule has 0 fully saturated rings. The molecule has 1 aliphatic carbocycles. The zero-order valence-corrected chi connectivity index (χ0v) is 13.7. The molecule has 0 aromatic rings. The van der Waals surface area contributed by atoms with Crippen molar-refractivity contribution in [1.29, 1.82) is 0 Å². The minimum atomic E-state index is 0. The van der Waals surface area contributed by atoms with Crippen molar-refractivity contribution in [3.63, 3.8) is 0 Å². The summed E-state index contributed by atoms with van der Waals surface area (Å²) in [5.41, 5.74) is 0. The van der Waals surface area contributed by atoms with Gasteiger partial charge in [0.05, 0.1) is 0 Å². The molecule has 103 valence electrons. The minimum Gasteiger partial charge on any atom is -0.663 e. The number of rotatable bonds is 4. The van der Waals surface area contributed by atoms with Gasteiger partial charge in [-0.1, -0.05) is 27.7 Å². The van der Waals surface area contributed by atoms with Crippen molar-refractivity contribution in [2.45, 2.75) is 34.1 Å². The van der Waals surface area contributed by atoms with Crippen LogP contribution in [0, 0.1) is 6.08 Å². The minimum absolute atomic E-state index is 0. The van der Waals surface area contributed by atoms with Crippen molar-refractivity contribution < 1.29 is 18.6 Å². The van der Waals surface area contributed by atoms with Crippen LogP contribution in [0.15, 0.2) is 18.2 Å². The molecule has 0 amide bonds. The number of halogens is 1. The average Bonchev–Trinajstić information content (AvgIpc) is 2.79. The van der Waals surface area contributed by atoms with Crippen LogP contribution >= 0.6 is 12.4 Å². The summed E-state index contributed by atoms with van der Waals surface area (Å²) in [6.07, 6.45) is 10.0. The molecule has 0 saturated heterocycles. The van der Waals surface area contributed by atoms with Gasteiger partial charge in [-0.05, 0) is 0 Å². The van der Waals surface area contributed by atoms with Gasteiger partial charge in [-0.2, -0.15) is 32.3 Å². The Labute approximate surface area is 126 Å². The Hall–Kier alpha value is 0.274. The van der Waals surface area contributed by atoms with E-state index in [-0.39, 0.29) is 31.0 Å². The molecule has 0 spiro atoms. The second-order valence-electron chi connectivity index (χ2n) is 2.72. The molecule has 1 aliphatic rings. The van der Waals surface area contributed by atoms with E-state index in [2.05, 4.69) is 22.8 Å². The Morgan fingerprint density at radius 1 is 0.941 bits per heavy atom. The molecule has 0 aromatic carbocycles. The SMILES string of the molecule is CC[N-]CC.CC[N-]CC.Cl.[C-]1=CC=CC1.[V]. The van der Waals surface area contributed by atoms with Gasteiger partial charge in [-0.15, -0.1) is 18.8 Å². The van der Waals surface area contributed by atoms with E-state index in [1.165, 1.54) is 0 Å². The standard InChI is InChI=1S/C5H5.2C4H10N.ClH.V/c1-2-4-5-3-1;2*1-3-5-4-2;;/h1-3H,4H2;2*3-4H2,1-2H3;1H;/q3*-1;;. The van der Waals surface area contributed by atoms with Gasteiger partial charge < -0.3 is 10.6 Å². The summed E-state index contributed by atoms with van der Waals surface area (Å²) in [7, 11) is 0. The van der Waals surface area contributed by atoms with Gasteiger partial charge in [-0.3, -0.25) is 6.08 Å². The van der Waals surface area contributed by atoms with Crippen LogP contribution in [0.25, 0.3) is 10.6 Å². The second-order valence-corrected chi connectivity index (χ2v) is 2.72. The Morgan fingerprint density at radius 2 is 1.35 bits per heavy atom. The van der Waals surface area contributed by atoms with E-state index in [0.717, 1.165) is 32.6 Å². The van der Waals surface area contributed by atoms with Crippen LogP contribution in [-0.2, 0) is 18.6 Å².